The van der Waals surface area contributed by atoms with Crippen molar-refractivity contribution < 1.29 is 11.0 Å². The van der Waals surface area contributed by atoms with Gasteiger partial charge >= 0.3 is 0 Å². The van der Waals surface area contributed by atoms with Crippen molar-refractivity contribution in [3.63, 3.8) is 0 Å². The first-order chi connectivity index (χ1) is 30.6. The quantitative estimate of drug-likeness (QED) is 0.165. The molecule has 0 spiro atoms. The number of nitrogens with zero attached hydrogens (tertiary/aromatic N) is 4. The van der Waals surface area contributed by atoms with Crippen LogP contribution in [0.15, 0.2) is 206 Å². The standard InChI is InChI=1S/C51H34N4/c1-4-14-35(15-5-1)37-24-28-40(29-25-37)49-52-50(41-30-26-38(27-31-41)36-16-6-2-7-17-36)54-51(53-49)42-32-33-43(39-18-8-3-9-19-39)48(34-42)55-46-22-12-10-20-44(46)45-21-11-13-23-47(45)55/h1-34H/i10D,11D,12D,13D,20D,21D,22D,23D. The minimum atomic E-state index is -0.505. The van der Waals surface area contributed by atoms with Crippen LogP contribution in [0.2, 0.25) is 0 Å². The lowest BCUT2D eigenvalue weighted by atomic mass is 10.0. The van der Waals surface area contributed by atoms with Crippen LogP contribution in [-0.2, 0) is 0 Å². The van der Waals surface area contributed by atoms with Crippen molar-refractivity contribution in [2.75, 3.05) is 0 Å². The lowest BCUT2D eigenvalue weighted by molar-refractivity contribution is 1.07. The Kier molecular flexibility index (Phi) is 6.23. The average Bonchev–Trinajstić information content (AvgIpc) is 3.71. The summed E-state index contributed by atoms with van der Waals surface area (Å²) in [5.74, 6) is 1.17. The zero-order valence-corrected chi connectivity index (χ0v) is 29.3. The molecule has 10 aromatic rings. The van der Waals surface area contributed by atoms with Gasteiger partial charge in [-0.3, -0.25) is 0 Å². The molecule has 0 fully saturated rings. The van der Waals surface area contributed by atoms with E-state index >= 15 is 0 Å². The van der Waals surface area contributed by atoms with Crippen molar-refractivity contribution in [1.29, 1.82) is 0 Å². The van der Waals surface area contributed by atoms with Crippen LogP contribution in [0.25, 0.3) is 95.0 Å². The molecule has 0 atom stereocenters. The van der Waals surface area contributed by atoms with E-state index < -0.39 is 36.3 Å². The van der Waals surface area contributed by atoms with Crippen molar-refractivity contribution in [3.05, 3.63) is 206 Å². The summed E-state index contributed by atoms with van der Waals surface area (Å²) in [4.78, 5) is 15.1. The third-order valence-corrected chi connectivity index (χ3v) is 9.75. The van der Waals surface area contributed by atoms with Gasteiger partial charge in [0.15, 0.2) is 17.5 Å². The van der Waals surface area contributed by atoms with E-state index in [2.05, 4.69) is 24.3 Å². The zero-order chi connectivity index (χ0) is 43.5. The number of hydrogen-bond acceptors (Lipinski definition) is 3. The van der Waals surface area contributed by atoms with Crippen LogP contribution in [0.4, 0.5) is 0 Å². The molecule has 0 saturated heterocycles. The molecule has 4 nitrogen and oxygen atoms in total. The van der Waals surface area contributed by atoms with Crippen LogP contribution in [0.5, 0.6) is 0 Å². The van der Waals surface area contributed by atoms with Gasteiger partial charge in [0.05, 0.1) is 27.7 Å². The lowest BCUT2D eigenvalue weighted by Gasteiger charge is -2.16. The molecule has 4 heteroatoms. The minimum absolute atomic E-state index is 0.00459. The summed E-state index contributed by atoms with van der Waals surface area (Å²) in [5.41, 5.74) is 8.12. The SMILES string of the molecule is [2H]c1c([2H])c([2H])c2c(c1[2H])c1c([2H])c([2H])c([2H])c([2H])c1n2-c1cc(-c2nc(-c3ccc(-c4ccccc4)cc3)nc(-c3ccc(-c4ccccc4)cc3)n2)ccc1-c1ccccc1. The molecule has 0 bridgehead atoms. The molecule has 258 valence electrons. The Labute approximate surface area is 331 Å². The molecule has 8 aromatic carbocycles. The second-order valence-electron chi connectivity index (χ2n) is 13.1. The Morgan fingerprint density at radius 3 is 1.18 bits per heavy atom. The van der Waals surface area contributed by atoms with Gasteiger partial charge < -0.3 is 4.57 Å². The lowest BCUT2D eigenvalue weighted by Crippen LogP contribution is -2.02. The molecule has 55 heavy (non-hydrogen) atoms. The predicted molar refractivity (Wildman–Crippen MR) is 227 cm³/mol. The summed E-state index contributed by atoms with van der Waals surface area (Å²) in [6, 6.07) is 47.7. The Morgan fingerprint density at radius 1 is 0.345 bits per heavy atom. The summed E-state index contributed by atoms with van der Waals surface area (Å²) >= 11 is 0. The highest BCUT2D eigenvalue weighted by Crippen LogP contribution is 2.38. The fraction of sp³-hybridized carbons (Fsp3) is 0. The number of hydrogen-bond donors (Lipinski definition) is 0. The highest BCUT2D eigenvalue weighted by atomic mass is 15.0. The van der Waals surface area contributed by atoms with Crippen molar-refractivity contribution in [2.45, 2.75) is 0 Å². The van der Waals surface area contributed by atoms with Gasteiger partial charge in [0.2, 0.25) is 0 Å². The predicted octanol–water partition coefficient (Wildman–Crippen LogP) is 13.0. The molecule has 0 saturated carbocycles. The fourth-order valence-corrected chi connectivity index (χ4v) is 7.03. The maximum absolute atomic E-state index is 9.22. The third-order valence-electron chi connectivity index (χ3n) is 9.75. The zero-order valence-electron chi connectivity index (χ0n) is 37.3. The van der Waals surface area contributed by atoms with Gasteiger partial charge in [-0.25, -0.2) is 15.0 Å². The Hall–Kier alpha value is -7.43. The minimum Gasteiger partial charge on any atom is -0.309 e. The van der Waals surface area contributed by atoms with E-state index in [9.17, 15) is 2.74 Å². The van der Waals surface area contributed by atoms with Crippen LogP contribution in [0.3, 0.4) is 0 Å². The summed E-state index contributed by atoms with van der Waals surface area (Å²) in [6.45, 7) is 0. The van der Waals surface area contributed by atoms with Crippen LogP contribution in [0.1, 0.15) is 11.0 Å². The van der Waals surface area contributed by atoms with Crippen molar-refractivity contribution >= 4 is 21.8 Å². The van der Waals surface area contributed by atoms with E-state index in [1.165, 1.54) is 0 Å². The molecule has 0 aliphatic carbocycles. The molecule has 0 amide bonds. The van der Waals surface area contributed by atoms with Crippen molar-refractivity contribution in [3.8, 4) is 73.2 Å². The van der Waals surface area contributed by atoms with Crippen LogP contribution in [-0.4, -0.2) is 19.5 Å². The summed E-state index contributed by atoms with van der Waals surface area (Å²) in [7, 11) is 0. The van der Waals surface area contributed by atoms with Gasteiger partial charge in [-0.15, -0.1) is 0 Å². The first-order valence-electron chi connectivity index (χ1n) is 21.9. The molecule has 0 N–H and O–H groups in total. The van der Waals surface area contributed by atoms with Gasteiger partial charge in [0.25, 0.3) is 0 Å². The first kappa shape index (κ1) is 24.7. The normalized spacial score (nSPS) is 13.3. The van der Waals surface area contributed by atoms with Gasteiger partial charge in [-0.1, -0.05) is 188 Å². The topological polar surface area (TPSA) is 43.6 Å². The summed E-state index contributed by atoms with van der Waals surface area (Å²) in [6.07, 6.45) is 0. The number of benzene rings is 8. The van der Waals surface area contributed by atoms with Crippen LogP contribution >= 0.6 is 0 Å². The molecule has 0 unspecified atom stereocenters. The van der Waals surface area contributed by atoms with Gasteiger partial charge in [0.1, 0.15) is 0 Å². The maximum atomic E-state index is 9.22. The largest absolute Gasteiger partial charge is 0.309 e. The number of para-hydroxylation sites is 2. The Balaban J connectivity index is 1.24. The molecular weight excluding hydrogens is 669 g/mol. The number of fused-ring (bicyclic) bond motifs is 3. The Bertz CT molecular complexity index is 3220. The third kappa shape index (κ3) is 6.06. The summed E-state index contributed by atoms with van der Waals surface area (Å²) in [5, 5.41) is -0.00917. The number of rotatable bonds is 7. The maximum Gasteiger partial charge on any atom is 0.164 e. The van der Waals surface area contributed by atoms with Gasteiger partial charge in [0, 0.05) is 33.0 Å². The average molecular weight is 711 g/mol. The second-order valence-corrected chi connectivity index (χ2v) is 13.1. The Morgan fingerprint density at radius 2 is 0.709 bits per heavy atom. The molecular formula is C51H34N4. The van der Waals surface area contributed by atoms with Crippen molar-refractivity contribution in [1.82, 2.24) is 19.5 Å². The van der Waals surface area contributed by atoms with Crippen LogP contribution < -0.4 is 0 Å². The van der Waals surface area contributed by atoms with E-state index in [-0.39, 0.29) is 33.9 Å². The smallest absolute Gasteiger partial charge is 0.164 e. The van der Waals surface area contributed by atoms with Crippen molar-refractivity contribution in [2.24, 2.45) is 0 Å². The van der Waals surface area contributed by atoms with Gasteiger partial charge in [-0.2, -0.15) is 0 Å². The molecule has 2 heterocycles. The van der Waals surface area contributed by atoms with Crippen LogP contribution in [0, 0.1) is 0 Å². The molecule has 0 aliphatic rings. The first-order valence-corrected chi connectivity index (χ1v) is 17.9. The number of aromatic nitrogens is 4. The van der Waals surface area contributed by atoms with E-state index in [1.807, 2.05) is 133 Å². The monoisotopic (exact) mass is 710 g/mol. The molecule has 2 aromatic heterocycles. The molecule has 0 radical (unpaired) electrons. The highest BCUT2D eigenvalue weighted by Gasteiger charge is 2.19. The van der Waals surface area contributed by atoms with Gasteiger partial charge in [-0.05, 0) is 46.0 Å². The highest BCUT2D eigenvalue weighted by molar-refractivity contribution is 6.09. The summed E-state index contributed by atoms with van der Waals surface area (Å²) < 4.78 is 72.6. The van der Waals surface area contributed by atoms with E-state index in [1.54, 1.807) is 4.57 Å². The van der Waals surface area contributed by atoms with E-state index in [0.717, 1.165) is 38.9 Å². The molecule has 10 rings (SSSR count). The second kappa shape index (κ2) is 13.8. The van der Waals surface area contributed by atoms with E-state index in [4.69, 9.17) is 23.2 Å². The fourth-order valence-electron chi connectivity index (χ4n) is 7.03. The molecule has 0 aliphatic heterocycles. The van der Waals surface area contributed by atoms with E-state index in [0.29, 0.717) is 34.3 Å².